The van der Waals surface area contributed by atoms with E-state index in [4.69, 9.17) is 4.74 Å². The molecular weight excluding hydrogens is 230 g/mol. The molecule has 0 saturated carbocycles. The van der Waals surface area contributed by atoms with Gasteiger partial charge in [-0.05, 0) is 18.2 Å². The topological polar surface area (TPSA) is 22.1 Å². The van der Waals surface area contributed by atoms with Gasteiger partial charge in [0.2, 0.25) is 0 Å². The van der Waals surface area contributed by atoms with Crippen LogP contribution in [0.25, 0.3) is 17.7 Å². The van der Waals surface area contributed by atoms with E-state index in [0.717, 1.165) is 27.6 Å². The van der Waals surface area contributed by atoms with E-state index >= 15 is 0 Å². The Hall–Kier alpha value is -1.87. The smallest absolute Gasteiger partial charge is 0.127 e. The van der Waals surface area contributed by atoms with Crippen LogP contribution >= 0.6 is 11.3 Å². The van der Waals surface area contributed by atoms with Crippen LogP contribution in [0.4, 0.5) is 0 Å². The fourth-order valence-electron chi connectivity index (χ4n) is 1.79. The Kier molecular flexibility index (Phi) is 2.53. The summed E-state index contributed by atoms with van der Waals surface area (Å²) >= 11 is 1.60. The summed E-state index contributed by atoms with van der Waals surface area (Å²) < 4.78 is 5.70. The molecule has 1 aliphatic rings. The van der Waals surface area contributed by atoms with Gasteiger partial charge in [-0.15, -0.1) is 11.3 Å². The predicted molar refractivity (Wildman–Crippen MR) is 72.0 cm³/mol. The van der Waals surface area contributed by atoms with Gasteiger partial charge in [0.15, 0.2) is 0 Å². The molecule has 1 aromatic heterocycles. The molecule has 0 spiro atoms. The lowest BCUT2D eigenvalue weighted by molar-refractivity contribution is 0.365. The van der Waals surface area contributed by atoms with Crippen molar-refractivity contribution in [1.29, 1.82) is 0 Å². The van der Waals surface area contributed by atoms with Crippen molar-refractivity contribution in [1.82, 2.24) is 4.98 Å². The highest BCUT2D eigenvalue weighted by molar-refractivity contribution is 7.10. The monoisotopic (exact) mass is 241 g/mol. The number of hydrogen-bond donors (Lipinski definition) is 0. The number of thiazole rings is 1. The zero-order valence-electron chi connectivity index (χ0n) is 9.22. The van der Waals surface area contributed by atoms with Crippen LogP contribution in [-0.2, 0) is 0 Å². The van der Waals surface area contributed by atoms with Crippen LogP contribution in [0.1, 0.15) is 16.3 Å². The van der Waals surface area contributed by atoms with Gasteiger partial charge in [-0.2, -0.15) is 0 Å². The van der Waals surface area contributed by atoms with Crippen molar-refractivity contribution in [2.24, 2.45) is 0 Å². The standard InChI is InChI=1S/C14H11NOS/c1-2-14-15-12(9-17-14)11-7-10-5-3-4-6-13(10)16-8-11/h2-7,9H,1,8H2. The second kappa shape index (κ2) is 4.18. The Morgan fingerprint density at radius 1 is 1.35 bits per heavy atom. The number of rotatable bonds is 2. The van der Waals surface area contributed by atoms with Crippen molar-refractivity contribution < 1.29 is 4.74 Å². The van der Waals surface area contributed by atoms with Crippen molar-refractivity contribution >= 4 is 29.1 Å². The zero-order valence-corrected chi connectivity index (χ0v) is 10.0. The molecule has 2 nitrogen and oxygen atoms in total. The Labute approximate surface area is 104 Å². The normalized spacial score (nSPS) is 13.5. The van der Waals surface area contributed by atoms with Crippen molar-refractivity contribution in [3.8, 4) is 5.75 Å². The summed E-state index contributed by atoms with van der Waals surface area (Å²) in [5.41, 5.74) is 3.22. The fraction of sp³-hybridized carbons (Fsp3) is 0.0714. The lowest BCUT2D eigenvalue weighted by atomic mass is 10.1. The zero-order chi connectivity index (χ0) is 11.7. The molecule has 2 aromatic rings. The average molecular weight is 241 g/mol. The van der Waals surface area contributed by atoms with Crippen LogP contribution in [0, 0.1) is 0 Å². The molecule has 0 fully saturated rings. The van der Waals surface area contributed by atoms with Gasteiger partial charge in [0.05, 0.1) is 5.69 Å². The van der Waals surface area contributed by atoms with Gasteiger partial charge in [-0.25, -0.2) is 4.98 Å². The number of fused-ring (bicyclic) bond motifs is 1. The highest BCUT2D eigenvalue weighted by Crippen LogP contribution is 2.30. The van der Waals surface area contributed by atoms with E-state index in [1.54, 1.807) is 17.4 Å². The van der Waals surface area contributed by atoms with Gasteiger partial charge in [0.1, 0.15) is 17.4 Å². The number of benzene rings is 1. The molecule has 1 aromatic carbocycles. The minimum atomic E-state index is 0.581. The van der Waals surface area contributed by atoms with Crippen molar-refractivity contribution in [3.63, 3.8) is 0 Å². The van der Waals surface area contributed by atoms with E-state index in [1.807, 2.05) is 23.6 Å². The summed E-state index contributed by atoms with van der Waals surface area (Å²) in [6, 6.07) is 8.03. The van der Waals surface area contributed by atoms with Crippen LogP contribution in [0.15, 0.2) is 36.2 Å². The molecule has 0 radical (unpaired) electrons. The molecule has 0 unspecified atom stereocenters. The molecule has 0 N–H and O–H groups in total. The lowest BCUT2D eigenvalue weighted by Gasteiger charge is -2.16. The highest BCUT2D eigenvalue weighted by atomic mass is 32.1. The summed E-state index contributed by atoms with van der Waals surface area (Å²) in [6.07, 6.45) is 3.91. The molecule has 1 aliphatic heterocycles. The first-order valence-corrected chi connectivity index (χ1v) is 6.25. The van der Waals surface area contributed by atoms with E-state index < -0.39 is 0 Å². The third kappa shape index (κ3) is 1.89. The first-order chi connectivity index (χ1) is 8.36. The van der Waals surface area contributed by atoms with Crippen molar-refractivity contribution in [3.05, 3.63) is 52.5 Å². The molecular formula is C14H11NOS. The van der Waals surface area contributed by atoms with Crippen LogP contribution in [-0.4, -0.2) is 11.6 Å². The third-order valence-corrected chi connectivity index (χ3v) is 3.50. The maximum atomic E-state index is 5.70. The largest absolute Gasteiger partial charge is 0.488 e. The summed E-state index contributed by atoms with van der Waals surface area (Å²) in [6.45, 7) is 4.30. The van der Waals surface area contributed by atoms with Gasteiger partial charge in [0.25, 0.3) is 0 Å². The summed E-state index contributed by atoms with van der Waals surface area (Å²) in [5, 5.41) is 2.99. The molecule has 0 bridgehead atoms. The minimum absolute atomic E-state index is 0.581. The Balaban J connectivity index is 2.01. The molecule has 3 heteroatoms. The van der Waals surface area contributed by atoms with E-state index in [9.17, 15) is 0 Å². The van der Waals surface area contributed by atoms with Crippen molar-refractivity contribution in [2.75, 3.05) is 6.61 Å². The van der Waals surface area contributed by atoms with Crippen molar-refractivity contribution in [2.45, 2.75) is 0 Å². The molecule has 2 heterocycles. The quantitative estimate of drug-likeness (QED) is 0.799. The molecule has 0 aliphatic carbocycles. The van der Waals surface area contributed by atoms with Crippen LogP contribution < -0.4 is 4.74 Å². The molecule has 0 atom stereocenters. The van der Waals surface area contributed by atoms with Gasteiger partial charge in [-0.1, -0.05) is 24.8 Å². The number of ether oxygens (including phenoxy) is 1. The lowest BCUT2D eigenvalue weighted by Crippen LogP contribution is -2.06. The van der Waals surface area contributed by atoms with E-state index in [1.165, 1.54) is 0 Å². The fourth-order valence-corrected chi connectivity index (χ4v) is 2.48. The van der Waals surface area contributed by atoms with Crippen LogP contribution in [0.5, 0.6) is 5.75 Å². The number of hydrogen-bond acceptors (Lipinski definition) is 3. The van der Waals surface area contributed by atoms with Gasteiger partial charge >= 0.3 is 0 Å². The Bertz CT molecular complexity index is 598. The number of para-hydroxylation sites is 1. The number of nitrogens with zero attached hydrogens (tertiary/aromatic N) is 1. The van der Waals surface area contributed by atoms with E-state index in [-0.39, 0.29) is 0 Å². The summed E-state index contributed by atoms with van der Waals surface area (Å²) in [5.74, 6) is 0.940. The molecule has 0 saturated heterocycles. The minimum Gasteiger partial charge on any atom is -0.488 e. The van der Waals surface area contributed by atoms with E-state index in [0.29, 0.717) is 6.61 Å². The van der Waals surface area contributed by atoms with Crippen LogP contribution in [0.2, 0.25) is 0 Å². The first-order valence-electron chi connectivity index (χ1n) is 5.37. The SMILES string of the molecule is C=Cc1nc(C2=Cc3ccccc3OC2)cs1. The van der Waals surface area contributed by atoms with Gasteiger partial charge < -0.3 is 4.74 Å². The first kappa shape index (κ1) is 10.3. The van der Waals surface area contributed by atoms with Gasteiger partial charge in [-0.3, -0.25) is 0 Å². The Morgan fingerprint density at radius 3 is 3.06 bits per heavy atom. The highest BCUT2D eigenvalue weighted by Gasteiger charge is 2.14. The summed E-state index contributed by atoms with van der Waals surface area (Å²) in [7, 11) is 0. The second-order valence-electron chi connectivity index (χ2n) is 3.77. The Morgan fingerprint density at radius 2 is 2.24 bits per heavy atom. The maximum Gasteiger partial charge on any atom is 0.127 e. The molecule has 17 heavy (non-hydrogen) atoms. The summed E-state index contributed by atoms with van der Waals surface area (Å²) in [4.78, 5) is 4.48. The molecule has 84 valence electrons. The molecule has 0 amide bonds. The third-order valence-electron chi connectivity index (χ3n) is 2.66. The molecule has 3 rings (SSSR count). The average Bonchev–Trinajstić information content (AvgIpc) is 2.87. The number of aromatic nitrogens is 1. The van der Waals surface area contributed by atoms with Crippen LogP contribution in [0.3, 0.4) is 0 Å². The maximum absolute atomic E-state index is 5.70. The van der Waals surface area contributed by atoms with E-state index in [2.05, 4.69) is 23.7 Å². The van der Waals surface area contributed by atoms with Gasteiger partial charge in [0, 0.05) is 16.5 Å². The predicted octanol–water partition coefficient (Wildman–Crippen LogP) is 3.72. The second-order valence-corrected chi connectivity index (χ2v) is 4.66.